The summed E-state index contributed by atoms with van der Waals surface area (Å²) in [6.45, 7) is 10.9. The summed E-state index contributed by atoms with van der Waals surface area (Å²) in [5.74, 6) is -0.0485. The van der Waals surface area contributed by atoms with E-state index in [0.717, 1.165) is 48.6 Å². The van der Waals surface area contributed by atoms with Gasteiger partial charge in [0.25, 0.3) is 5.91 Å². The number of hydrogen-bond acceptors (Lipinski definition) is 5. The van der Waals surface area contributed by atoms with E-state index in [1.807, 2.05) is 27.0 Å². The molecule has 1 saturated heterocycles. The van der Waals surface area contributed by atoms with Gasteiger partial charge in [-0.1, -0.05) is 0 Å². The number of carbonyl (C=O) groups is 1. The van der Waals surface area contributed by atoms with Crippen LogP contribution in [0.15, 0.2) is 6.07 Å². The third kappa shape index (κ3) is 3.67. The molecule has 136 valence electrons. The molecule has 25 heavy (non-hydrogen) atoms. The Morgan fingerprint density at radius 2 is 1.92 bits per heavy atom. The largest absolute Gasteiger partial charge is 0.350 e. The fraction of sp³-hybridized carbons (Fsp3) is 0.611. The van der Waals surface area contributed by atoms with Crippen LogP contribution in [0.2, 0.25) is 0 Å². The van der Waals surface area contributed by atoms with Crippen molar-refractivity contribution in [1.29, 1.82) is 0 Å². The van der Waals surface area contributed by atoms with Crippen LogP contribution in [0.1, 0.15) is 28.7 Å². The van der Waals surface area contributed by atoms with E-state index >= 15 is 0 Å². The smallest absolute Gasteiger partial charge is 0.252 e. The fourth-order valence-electron chi connectivity index (χ4n) is 3.48. The molecule has 1 unspecified atom stereocenters. The first-order chi connectivity index (χ1) is 11.9. The quantitative estimate of drug-likeness (QED) is 0.895. The summed E-state index contributed by atoms with van der Waals surface area (Å²) in [6.07, 6.45) is 0. The van der Waals surface area contributed by atoms with Crippen molar-refractivity contribution in [2.45, 2.75) is 26.8 Å². The highest BCUT2D eigenvalue weighted by molar-refractivity contribution is 6.06. The lowest BCUT2D eigenvalue weighted by atomic mass is 10.1. The minimum Gasteiger partial charge on any atom is -0.350 e. The number of likely N-dealkylation sites (N-methyl/N-ethyl adjacent to an activating group) is 1. The molecule has 7 heteroatoms. The van der Waals surface area contributed by atoms with E-state index in [-0.39, 0.29) is 5.91 Å². The maximum atomic E-state index is 12.8. The highest BCUT2D eigenvalue weighted by Gasteiger charge is 2.21. The maximum absolute atomic E-state index is 12.8. The molecule has 1 atom stereocenters. The third-order valence-corrected chi connectivity index (χ3v) is 5.06. The Balaban J connectivity index is 1.72. The van der Waals surface area contributed by atoms with E-state index in [0.29, 0.717) is 18.2 Å². The lowest BCUT2D eigenvalue weighted by Crippen LogP contribution is -2.51. The number of pyridine rings is 1. The molecule has 2 aromatic rings. The Hall–Kier alpha value is -1.99. The minimum absolute atomic E-state index is 0.0485. The average Bonchev–Trinajstić information content (AvgIpc) is 2.86. The van der Waals surface area contributed by atoms with Gasteiger partial charge in [0.15, 0.2) is 5.65 Å². The van der Waals surface area contributed by atoms with Crippen molar-refractivity contribution < 1.29 is 4.79 Å². The second-order valence-electron chi connectivity index (χ2n) is 7.12. The zero-order chi connectivity index (χ0) is 18.1. The van der Waals surface area contributed by atoms with Crippen LogP contribution in [0.5, 0.6) is 0 Å². The molecule has 7 nitrogen and oxygen atoms in total. The van der Waals surface area contributed by atoms with E-state index in [1.54, 1.807) is 4.68 Å². The van der Waals surface area contributed by atoms with Crippen molar-refractivity contribution in [3.63, 3.8) is 0 Å². The monoisotopic (exact) mass is 344 g/mol. The topological polar surface area (TPSA) is 66.3 Å². The molecular weight excluding hydrogens is 316 g/mol. The van der Waals surface area contributed by atoms with Crippen LogP contribution in [-0.4, -0.2) is 76.3 Å². The van der Waals surface area contributed by atoms with Gasteiger partial charge in [0.2, 0.25) is 0 Å². The first kappa shape index (κ1) is 17.8. The van der Waals surface area contributed by atoms with Crippen LogP contribution in [0, 0.1) is 13.8 Å². The van der Waals surface area contributed by atoms with Crippen molar-refractivity contribution in [3.8, 4) is 0 Å². The molecule has 1 aliphatic heterocycles. The predicted molar refractivity (Wildman–Crippen MR) is 98.8 cm³/mol. The average molecular weight is 344 g/mol. The Bertz CT molecular complexity index is 775. The number of piperazine rings is 1. The summed E-state index contributed by atoms with van der Waals surface area (Å²) in [6, 6.07) is 2.18. The lowest BCUT2D eigenvalue weighted by Gasteiger charge is -2.36. The SMILES string of the molecule is Cc1cc(C(=O)NCC(C)N2CCN(C)CC2)c2c(C)nn(C)c2n1. The Labute approximate surface area is 149 Å². The maximum Gasteiger partial charge on any atom is 0.252 e. The summed E-state index contributed by atoms with van der Waals surface area (Å²) >= 11 is 0. The molecule has 3 rings (SSSR count). The van der Waals surface area contributed by atoms with Crippen LogP contribution in [0.3, 0.4) is 0 Å². The summed E-state index contributed by atoms with van der Waals surface area (Å²) in [4.78, 5) is 22.1. The number of fused-ring (bicyclic) bond motifs is 1. The second-order valence-corrected chi connectivity index (χ2v) is 7.12. The number of carbonyl (C=O) groups excluding carboxylic acids is 1. The summed E-state index contributed by atoms with van der Waals surface area (Å²) in [5, 5.41) is 8.36. The van der Waals surface area contributed by atoms with Gasteiger partial charge >= 0.3 is 0 Å². The first-order valence-electron chi connectivity index (χ1n) is 8.88. The van der Waals surface area contributed by atoms with Gasteiger partial charge in [-0.05, 0) is 33.9 Å². The number of aryl methyl sites for hydroxylation is 3. The Morgan fingerprint density at radius 1 is 1.24 bits per heavy atom. The van der Waals surface area contributed by atoms with E-state index in [9.17, 15) is 4.79 Å². The molecule has 1 fully saturated rings. The summed E-state index contributed by atoms with van der Waals surface area (Å²) in [7, 11) is 4.01. The van der Waals surface area contributed by atoms with Crippen molar-refractivity contribution in [2.24, 2.45) is 7.05 Å². The number of aromatic nitrogens is 3. The van der Waals surface area contributed by atoms with Crippen LogP contribution in [0.4, 0.5) is 0 Å². The zero-order valence-corrected chi connectivity index (χ0v) is 15.8. The standard InChI is InChI=1S/C18H28N6O/c1-12-10-15(16-14(3)21-23(5)17(16)20-12)18(25)19-11-13(2)24-8-6-22(4)7-9-24/h10,13H,6-9,11H2,1-5H3,(H,19,25). The Kier molecular flexibility index (Phi) is 5.06. The van der Waals surface area contributed by atoms with Gasteiger partial charge in [0.1, 0.15) is 0 Å². The van der Waals surface area contributed by atoms with Crippen LogP contribution < -0.4 is 5.32 Å². The predicted octanol–water partition coefficient (Wildman–Crippen LogP) is 0.951. The molecule has 1 amide bonds. The number of rotatable bonds is 4. The first-order valence-corrected chi connectivity index (χ1v) is 8.88. The van der Waals surface area contributed by atoms with Gasteiger partial charge in [-0.3, -0.25) is 14.4 Å². The van der Waals surface area contributed by atoms with Gasteiger partial charge in [-0.25, -0.2) is 4.98 Å². The van der Waals surface area contributed by atoms with E-state index < -0.39 is 0 Å². The number of nitrogens with zero attached hydrogens (tertiary/aromatic N) is 5. The zero-order valence-electron chi connectivity index (χ0n) is 15.8. The van der Waals surface area contributed by atoms with Crippen LogP contribution >= 0.6 is 0 Å². The molecule has 0 radical (unpaired) electrons. The molecule has 1 N–H and O–H groups in total. The van der Waals surface area contributed by atoms with Gasteiger partial charge in [0.05, 0.1) is 16.6 Å². The number of hydrogen-bond donors (Lipinski definition) is 1. The van der Waals surface area contributed by atoms with E-state index in [4.69, 9.17) is 0 Å². The van der Waals surface area contributed by atoms with E-state index in [1.165, 1.54) is 0 Å². The summed E-state index contributed by atoms with van der Waals surface area (Å²) < 4.78 is 1.74. The van der Waals surface area contributed by atoms with Crippen molar-refractivity contribution >= 4 is 16.9 Å². The third-order valence-electron chi connectivity index (χ3n) is 5.06. The second kappa shape index (κ2) is 7.09. The molecule has 2 aromatic heterocycles. The molecule has 3 heterocycles. The molecule has 0 aliphatic carbocycles. The van der Waals surface area contributed by atoms with Gasteiger partial charge in [-0.15, -0.1) is 0 Å². The van der Waals surface area contributed by atoms with Crippen LogP contribution in [-0.2, 0) is 7.05 Å². The summed E-state index contributed by atoms with van der Waals surface area (Å²) in [5.41, 5.74) is 3.09. The number of amides is 1. The molecule has 1 aliphatic rings. The van der Waals surface area contributed by atoms with Crippen molar-refractivity contribution in [3.05, 3.63) is 23.0 Å². The minimum atomic E-state index is -0.0485. The molecular formula is C18H28N6O. The molecule has 0 spiro atoms. The fourth-order valence-corrected chi connectivity index (χ4v) is 3.48. The number of nitrogens with one attached hydrogen (secondary N) is 1. The molecule has 0 aromatic carbocycles. The normalized spacial score (nSPS) is 17.8. The van der Waals surface area contributed by atoms with Crippen LogP contribution in [0.25, 0.3) is 11.0 Å². The van der Waals surface area contributed by atoms with Gasteiger partial charge in [0, 0.05) is 51.5 Å². The Morgan fingerprint density at radius 3 is 2.60 bits per heavy atom. The van der Waals surface area contributed by atoms with Crippen molar-refractivity contribution in [2.75, 3.05) is 39.8 Å². The lowest BCUT2D eigenvalue weighted by molar-refractivity contribution is 0.0905. The van der Waals surface area contributed by atoms with Gasteiger partial charge < -0.3 is 10.2 Å². The molecule has 0 bridgehead atoms. The van der Waals surface area contributed by atoms with E-state index in [2.05, 4.69) is 39.2 Å². The highest BCUT2D eigenvalue weighted by Crippen LogP contribution is 2.21. The molecule has 0 saturated carbocycles. The highest BCUT2D eigenvalue weighted by atomic mass is 16.1. The van der Waals surface area contributed by atoms with Gasteiger partial charge in [-0.2, -0.15) is 5.10 Å². The van der Waals surface area contributed by atoms with Crippen molar-refractivity contribution in [1.82, 2.24) is 29.9 Å².